The Hall–Kier alpha value is -1.31. The van der Waals surface area contributed by atoms with E-state index in [0.717, 1.165) is 12.0 Å². The molecule has 0 aromatic heterocycles. The summed E-state index contributed by atoms with van der Waals surface area (Å²) in [6.45, 7) is 6.84. The molecule has 7 heteroatoms. The Morgan fingerprint density at radius 2 is 1.97 bits per heavy atom. The molecule has 4 aliphatic carbocycles. The summed E-state index contributed by atoms with van der Waals surface area (Å²) in [6.07, 6.45) is 6.27. The van der Waals surface area contributed by atoms with E-state index in [1.807, 2.05) is 13.0 Å². The highest BCUT2D eigenvalue weighted by molar-refractivity contribution is 9.10. The third kappa shape index (κ3) is 2.85. The van der Waals surface area contributed by atoms with E-state index in [4.69, 9.17) is 4.74 Å². The average Bonchev–Trinajstić information content (AvgIpc) is 2.96. The highest BCUT2D eigenvalue weighted by Crippen LogP contribution is 2.71. The van der Waals surface area contributed by atoms with Crippen LogP contribution in [0.2, 0.25) is 0 Å². The number of aliphatic hydroxyl groups excluding tert-OH is 1. The third-order valence-electron chi connectivity index (χ3n) is 8.99. The maximum absolute atomic E-state index is 13.0. The number of hydrogen-bond acceptors (Lipinski definition) is 6. The quantitative estimate of drug-likeness (QED) is 0.462. The van der Waals surface area contributed by atoms with Gasteiger partial charge in [-0.1, -0.05) is 48.4 Å². The molecule has 2 N–H and O–H groups in total. The summed E-state index contributed by atoms with van der Waals surface area (Å²) in [5, 5.41) is 23.1. The topological polar surface area (TPSA) is 101 Å². The first-order valence-corrected chi connectivity index (χ1v) is 11.8. The summed E-state index contributed by atoms with van der Waals surface area (Å²) >= 11 is 3.98. The van der Waals surface area contributed by atoms with Crippen LogP contribution in [0.4, 0.5) is 0 Å². The van der Waals surface area contributed by atoms with E-state index in [9.17, 15) is 24.6 Å². The zero-order valence-corrected chi connectivity index (χ0v) is 20.1. The highest BCUT2D eigenvalue weighted by atomic mass is 79.9. The lowest BCUT2D eigenvalue weighted by Crippen LogP contribution is -2.69. The number of halogens is 1. The Balaban J connectivity index is 1.75. The molecule has 0 heterocycles. The molecule has 3 fully saturated rings. The lowest BCUT2D eigenvalue weighted by Gasteiger charge is -2.65. The summed E-state index contributed by atoms with van der Waals surface area (Å²) in [6, 6.07) is 0. The van der Waals surface area contributed by atoms with Gasteiger partial charge in [0.1, 0.15) is 5.60 Å². The third-order valence-corrected chi connectivity index (χ3v) is 10.9. The molecule has 4 aliphatic rings. The van der Waals surface area contributed by atoms with Gasteiger partial charge in [0.15, 0.2) is 12.4 Å². The molecule has 4 rings (SSSR count). The van der Waals surface area contributed by atoms with Gasteiger partial charge in [0.05, 0.1) is 10.4 Å². The zero-order valence-electron chi connectivity index (χ0n) is 18.5. The molecule has 170 valence electrons. The summed E-state index contributed by atoms with van der Waals surface area (Å²) in [5.41, 5.74) is -2.01. The Bertz CT molecular complexity index is 910. The first-order chi connectivity index (χ1) is 14.3. The molecule has 0 radical (unpaired) electrons. The fraction of sp³-hybridized carbons (Fsp3) is 0.708. The zero-order chi connectivity index (χ0) is 23.0. The average molecular weight is 495 g/mol. The Morgan fingerprint density at radius 1 is 1.29 bits per heavy atom. The van der Waals surface area contributed by atoms with Crippen LogP contribution < -0.4 is 0 Å². The number of ether oxygens (including phenoxy) is 1. The molecule has 0 aromatic carbocycles. The van der Waals surface area contributed by atoms with Gasteiger partial charge in [0, 0.05) is 17.8 Å². The van der Waals surface area contributed by atoms with E-state index in [-0.39, 0.29) is 36.4 Å². The maximum Gasteiger partial charge on any atom is 0.303 e. The van der Waals surface area contributed by atoms with Crippen molar-refractivity contribution in [3.8, 4) is 0 Å². The van der Waals surface area contributed by atoms with Crippen LogP contribution in [-0.4, -0.2) is 50.4 Å². The maximum atomic E-state index is 13.0. The van der Waals surface area contributed by atoms with Gasteiger partial charge in [0.25, 0.3) is 0 Å². The Labute approximate surface area is 191 Å². The van der Waals surface area contributed by atoms with E-state index >= 15 is 0 Å². The molecule has 0 saturated heterocycles. The molecule has 0 aromatic rings. The predicted molar refractivity (Wildman–Crippen MR) is 117 cm³/mol. The van der Waals surface area contributed by atoms with Gasteiger partial charge in [-0.3, -0.25) is 14.4 Å². The van der Waals surface area contributed by atoms with Crippen molar-refractivity contribution in [2.24, 2.45) is 28.6 Å². The van der Waals surface area contributed by atoms with Crippen molar-refractivity contribution < 1.29 is 29.3 Å². The molecule has 0 aliphatic heterocycles. The second-order valence-corrected chi connectivity index (χ2v) is 11.7. The highest BCUT2D eigenvalue weighted by Gasteiger charge is 2.73. The van der Waals surface area contributed by atoms with Crippen LogP contribution in [0.15, 0.2) is 23.8 Å². The number of Topliss-reactive ketones (excluding diaryl/α,β-unsaturated/α-hetero) is 1. The minimum absolute atomic E-state index is 0.00611. The smallest absolute Gasteiger partial charge is 0.303 e. The molecular weight excluding hydrogens is 464 g/mol. The van der Waals surface area contributed by atoms with E-state index < -0.39 is 45.2 Å². The van der Waals surface area contributed by atoms with Crippen LogP contribution in [-0.2, 0) is 19.1 Å². The van der Waals surface area contributed by atoms with E-state index in [1.54, 1.807) is 12.2 Å². The number of hydrogen-bond donors (Lipinski definition) is 2. The number of allylic oxidation sites excluding steroid dienone is 4. The standard InChI is InChI=1S/C24H31BrO6/c1-13-9-18-16-6-8-23(30,20(29)12-31-14(2)26)22(16,4)11-19(28)24(18,25)21(3)7-5-15(27)10-17(13)21/h5,7,10,13,16,18-19,28,30H,6,8-9,11-12H2,1-4H3/t13-,16-,18-,19-,21-,22-,23+,24-/m0/s1. The molecule has 0 amide bonds. The lowest BCUT2D eigenvalue weighted by molar-refractivity contribution is -0.176. The van der Waals surface area contributed by atoms with Crippen molar-refractivity contribution in [3.05, 3.63) is 23.8 Å². The number of esters is 1. The molecule has 3 saturated carbocycles. The minimum atomic E-state index is -1.65. The normalized spacial score (nSPS) is 48.4. The molecular formula is C24H31BrO6. The van der Waals surface area contributed by atoms with Crippen molar-refractivity contribution in [3.63, 3.8) is 0 Å². The molecule has 0 spiro atoms. The summed E-state index contributed by atoms with van der Waals surface area (Å²) < 4.78 is 4.20. The SMILES string of the molecule is CC(=O)OCC(=O)[C@]1(O)CC[C@H]2[C@@H]3C[C@H](C)C4=CC(=O)C=C[C@]4(C)[C@@]3(Br)[C@@H](O)C[C@@]21C. The second kappa shape index (κ2) is 7.09. The largest absolute Gasteiger partial charge is 0.458 e. The first-order valence-electron chi connectivity index (χ1n) is 11.0. The summed E-state index contributed by atoms with van der Waals surface area (Å²) in [4.78, 5) is 36.3. The lowest BCUT2D eigenvalue weighted by atomic mass is 9.44. The van der Waals surface area contributed by atoms with Gasteiger partial charge in [-0.15, -0.1) is 0 Å². The number of aliphatic hydroxyl groups is 2. The first kappa shape index (κ1) is 22.9. The molecule has 8 atom stereocenters. The van der Waals surface area contributed by atoms with E-state index in [1.165, 1.54) is 6.92 Å². The van der Waals surface area contributed by atoms with Crippen molar-refractivity contribution in [1.82, 2.24) is 0 Å². The van der Waals surface area contributed by atoms with Gasteiger partial charge < -0.3 is 14.9 Å². The predicted octanol–water partition coefficient (Wildman–Crippen LogP) is 2.89. The number of carbonyl (C=O) groups is 3. The fourth-order valence-corrected chi connectivity index (χ4v) is 8.38. The van der Waals surface area contributed by atoms with Gasteiger partial charge in [-0.2, -0.15) is 0 Å². The summed E-state index contributed by atoms with van der Waals surface area (Å²) in [7, 11) is 0. The van der Waals surface area contributed by atoms with Gasteiger partial charge in [-0.05, 0) is 55.6 Å². The number of alkyl halides is 1. The number of fused-ring (bicyclic) bond motifs is 5. The Morgan fingerprint density at radius 3 is 2.61 bits per heavy atom. The van der Waals surface area contributed by atoms with Crippen molar-refractivity contribution in [1.29, 1.82) is 0 Å². The Kier molecular flexibility index (Phi) is 5.23. The number of carbonyl (C=O) groups excluding carboxylic acids is 3. The second-order valence-electron chi connectivity index (χ2n) is 10.4. The van der Waals surface area contributed by atoms with Crippen molar-refractivity contribution >= 4 is 33.5 Å². The van der Waals surface area contributed by atoms with Crippen LogP contribution in [0.1, 0.15) is 53.4 Å². The molecule has 6 nitrogen and oxygen atoms in total. The molecule has 0 unspecified atom stereocenters. The van der Waals surface area contributed by atoms with Gasteiger partial charge >= 0.3 is 5.97 Å². The molecule has 0 bridgehead atoms. The van der Waals surface area contributed by atoms with Crippen LogP contribution in [0.3, 0.4) is 0 Å². The summed E-state index contributed by atoms with van der Waals surface area (Å²) in [5.74, 6) is -0.974. The number of ketones is 2. The van der Waals surface area contributed by atoms with E-state index in [0.29, 0.717) is 6.42 Å². The minimum Gasteiger partial charge on any atom is -0.458 e. The van der Waals surface area contributed by atoms with Gasteiger partial charge in [0.2, 0.25) is 5.78 Å². The van der Waals surface area contributed by atoms with Crippen LogP contribution in [0, 0.1) is 28.6 Å². The fourth-order valence-electron chi connectivity index (χ4n) is 7.35. The van der Waals surface area contributed by atoms with Crippen LogP contribution in [0.25, 0.3) is 0 Å². The van der Waals surface area contributed by atoms with E-state index in [2.05, 4.69) is 29.8 Å². The van der Waals surface area contributed by atoms with Crippen LogP contribution in [0.5, 0.6) is 0 Å². The van der Waals surface area contributed by atoms with Gasteiger partial charge in [-0.25, -0.2) is 0 Å². The van der Waals surface area contributed by atoms with Crippen molar-refractivity contribution in [2.75, 3.05) is 6.61 Å². The van der Waals surface area contributed by atoms with Crippen LogP contribution >= 0.6 is 15.9 Å². The molecule has 31 heavy (non-hydrogen) atoms. The number of rotatable bonds is 3. The monoisotopic (exact) mass is 494 g/mol. The van der Waals surface area contributed by atoms with Crippen molar-refractivity contribution in [2.45, 2.75) is 69.4 Å².